The summed E-state index contributed by atoms with van der Waals surface area (Å²) in [6.07, 6.45) is 0. The number of hydrogen-bond acceptors (Lipinski definition) is 3. The van der Waals surface area contributed by atoms with Gasteiger partial charge in [-0.05, 0) is 35.0 Å². The average molecular weight is 317 g/mol. The van der Waals surface area contributed by atoms with Crippen LogP contribution in [-0.2, 0) is 6.54 Å². The van der Waals surface area contributed by atoms with Crippen molar-refractivity contribution in [2.24, 2.45) is 0 Å². The van der Waals surface area contributed by atoms with Gasteiger partial charge in [0.25, 0.3) is 5.91 Å². The van der Waals surface area contributed by atoms with Crippen molar-refractivity contribution in [2.45, 2.75) is 6.54 Å². The van der Waals surface area contributed by atoms with E-state index in [0.717, 1.165) is 38.5 Å². The number of nitrogens with zero attached hydrogens (tertiary/aromatic N) is 1. The topological polar surface area (TPSA) is 34.0 Å². The zero-order valence-electron chi connectivity index (χ0n) is 12.7. The van der Waals surface area contributed by atoms with E-state index >= 15 is 0 Å². The van der Waals surface area contributed by atoms with Gasteiger partial charge in [0.1, 0.15) is 12.3 Å². The molecule has 0 spiro atoms. The minimum absolute atomic E-state index is 0.105. The molecule has 22 heavy (non-hydrogen) atoms. The number of rotatable bonds is 4. The number of benzene rings is 1. The molecule has 1 aromatic heterocycles. The minimum atomic E-state index is 0.105. The number of methoxy groups -OCH3 is 1. The lowest BCUT2D eigenvalue weighted by molar-refractivity contribution is -0.917. The van der Waals surface area contributed by atoms with Gasteiger partial charge in [0, 0.05) is 11.1 Å². The molecule has 2 aromatic rings. The van der Waals surface area contributed by atoms with Crippen molar-refractivity contribution in [2.75, 3.05) is 33.3 Å². The molecule has 5 heteroatoms. The summed E-state index contributed by atoms with van der Waals surface area (Å²) in [4.78, 5) is 16.1. The van der Waals surface area contributed by atoms with Gasteiger partial charge in [0.2, 0.25) is 0 Å². The largest absolute Gasteiger partial charge is 0.497 e. The lowest BCUT2D eigenvalue weighted by atomic mass is 10.1. The van der Waals surface area contributed by atoms with Crippen molar-refractivity contribution >= 4 is 17.2 Å². The number of nitrogens with one attached hydrogen (secondary N) is 1. The van der Waals surface area contributed by atoms with Gasteiger partial charge in [-0.15, -0.1) is 0 Å². The van der Waals surface area contributed by atoms with E-state index in [0.29, 0.717) is 5.56 Å². The van der Waals surface area contributed by atoms with Crippen LogP contribution in [-0.4, -0.2) is 44.1 Å². The van der Waals surface area contributed by atoms with Crippen molar-refractivity contribution in [1.29, 1.82) is 0 Å². The summed E-state index contributed by atoms with van der Waals surface area (Å²) in [6.45, 7) is 4.70. The number of thiophene rings is 1. The molecule has 0 bridgehead atoms. The van der Waals surface area contributed by atoms with Gasteiger partial charge in [0.05, 0.1) is 33.3 Å². The van der Waals surface area contributed by atoms with E-state index in [-0.39, 0.29) is 5.91 Å². The fraction of sp³-hybridized carbons (Fsp3) is 0.353. The Morgan fingerprint density at radius 1 is 1.32 bits per heavy atom. The van der Waals surface area contributed by atoms with E-state index in [1.165, 1.54) is 5.56 Å². The maximum atomic E-state index is 12.6. The molecule has 1 fully saturated rings. The monoisotopic (exact) mass is 317 g/mol. The molecule has 1 N–H and O–H groups in total. The smallest absolute Gasteiger partial charge is 0.254 e. The van der Waals surface area contributed by atoms with Crippen LogP contribution in [0, 0.1) is 0 Å². The summed E-state index contributed by atoms with van der Waals surface area (Å²) in [7, 11) is 1.62. The summed E-state index contributed by atoms with van der Waals surface area (Å²) >= 11 is 1.74. The van der Waals surface area contributed by atoms with E-state index in [1.54, 1.807) is 23.3 Å². The van der Waals surface area contributed by atoms with E-state index in [4.69, 9.17) is 4.74 Å². The lowest BCUT2D eigenvalue weighted by Gasteiger charge is -2.32. The average Bonchev–Trinajstić information content (AvgIpc) is 3.08. The molecule has 1 aromatic carbocycles. The Balaban J connectivity index is 1.57. The van der Waals surface area contributed by atoms with Crippen molar-refractivity contribution in [1.82, 2.24) is 4.90 Å². The highest BCUT2D eigenvalue weighted by Gasteiger charge is 2.24. The van der Waals surface area contributed by atoms with Crippen molar-refractivity contribution in [3.05, 3.63) is 52.2 Å². The van der Waals surface area contributed by atoms with Gasteiger partial charge in [-0.2, -0.15) is 11.3 Å². The Morgan fingerprint density at radius 2 is 2.14 bits per heavy atom. The summed E-state index contributed by atoms with van der Waals surface area (Å²) in [5.74, 6) is 0.834. The van der Waals surface area contributed by atoms with E-state index < -0.39 is 0 Å². The highest BCUT2D eigenvalue weighted by atomic mass is 32.1. The molecule has 1 aliphatic heterocycles. The Morgan fingerprint density at radius 3 is 2.82 bits per heavy atom. The number of carbonyl (C=O) groups excluding carboxylic acids is 1. The minimum Gasteiger partial charge on any atom is -0.497 e. The first-order chi connectivity index (χ1) is 10.8. The molecule has 1 saturated heterocycles. The molecule has 0 unspecified atom stereocenters. The first kappa shape index (κ1) is 15.1. The first-order valence-corrected chi connectivity index (χ1v) is 8.48. The number of piperazine rings is 1. The Kier molecular flexibility index (Phi) is 4.75. The Labute approximate surface area is 134 Å². The van der Waals surface area contributed by atoms with Crippen LogP contribution < -0.4 is 9.64 Å². The second-order valence-corrected chi connectivity index (χ2v) is 6.36. The predicted octanol–water partition coefficient (Wildman–Crippen LogP) is 1.30. The molecule has 0 atom stereocenters. The fourth-order valence-corrected chi connectivity index (χ4v) is 3.49. The van der Waals surface area contributed by atoms with Crippen LogP contribution in [0.5, 0.6) is 5.75 Å². The fourth-order valence-electron chi connectivity index (χ4n) is 2.82. The van der Waals surface area contributed by atoms with Crippen LogP contribution in [0.1, 0.15) is 15.9 Å². The zero-order chi connectivity index (χ0) is 15.4. The number of quaternary nitrogens is 1. The molecule has 0 radical (unpaired) electrons. The molecular weight excluding hydrogens is 296 g/mol. The van der Waals surface area contributed by atoms with E-state index in [9.17, 15) is 4.79 Å². The predicted molar refractivity (Wildman–Crippen MR) is 87.6 cm³/mol. The molecule has 1 aliphatic rings. The third-order valence-electron chi connectivity index (χ3n) is 4.11. The molecule has 116 valence electrons. The molecule has 2 heterocycles. The first-order valence-electron chi connectivity index (χ1n) is 7.54. The zero-order valence-corrected chi connectivity index (χ0v) is 13.6. The van der Waals surface area contributed by atoms with Crippen LogP contribution in [0.2, 0.25) is 0 Å². The number of amides is 1. The van der Waals surface area contributed by atoms with Crippen LogP contribution >= 0.6 is 11.3 Å². The van der Waals surface area contributed by atoms with Crippen molar-refractivity contribution in [3.8, 4) is 5.75 Å². The molecule has 1 amide bonds. The quantitative estimate of drug-likeness (QED) is 0.922. The van der Waals surface area contributed by atoms with E-state index in [2.05, 4.69) is 16.8 Å². The summed E-state index contributed by atoms with van der Waals surface area (Å²) in [5.41, 5.74) is 2.10. The standard InChI is InChI=1S/C17H20N2O2S/c1-21-16-4-2-3-15(11-16)17(20)19-8-6-18(7-9-19)12-14-5-10-22-13-14/h2-5,10-11,13H,6-9,12H2,1H3/p+1. The molecule has 3 rings (SSSR count). The van der Waals surface area contributed by atoms with E-state index in [1.807, 2.05) is 29.2 Å². The SMILES string of the molecule is COc1cccc(C(=O)N2CC[NH+](Cc3ccsc3)CC2)c1. The number of carbonyl (C=O) groups is 1. The van der Waals surface area contributed by atoms with Crippen molar-refractivity contribution in [3.63, 3.8) is 0 Å². The lowest BCUT2D eigenvalue weighted by Crippen LogP contribution is -3.13. The second kappa shape index (κ2) is 6.94. The summed E-state index contributed by atoms with van der Waals surface area (Å²) < 4.78 is 5.19. The highest BCUT2D eigenvalue weighted by molar-refractivity contribution is 7.07. The van der Waals surface area contributed by atoms with Gasteiger partial charge in [-0.1, -0.05) is 6.07 Å². The van der Waals surface area contributed by atoms with Crippen LogP contribution in [0.15, 0.2) is 41.1 Å². The van der Waals surface area contributed by atoms with Gasteiger partial charge < -0.3 is 14.5 Å². The summed E-state index contributed by atoms with van der Waals surface area (Å²) in [5, 5.41) is 4.33. The molecule has 0 saturated carbocycles. The van der Waals surface area contributed by atoms with Crippen LogP contribution in [0.3, 0.4) is 0 Å². The maximum absolute atomic E-state index is 12.6. The number of hydrogen-bond donors (Lipinski definition) is 1. The van der Waals surface area contributed by atoms with Crippen LogP contribution in [0.25, 0.3) is 0 Å². The van der Waals surface area contributed by atoms with Crippen molar-refractivity contribution < 1.29 is 14.4 Å². The van der Waals surface area contributed by atoms with Gasteiger partial charge >= 0.3 is 0 Å². The summed E-state index contributed by atoms with van der Waals surface area (Å²) in [6, 6.07) is 9.58. The molecular formula is C17H21N2O2S+. The van der Waals surface area contributed by atoms with Gasteiger partial charge in [-0.3, -0.25) is 4.79 Å². The third-order valence-corrected chi connectivity index (χ3v) is 4.84. The molecule has 0 aliphatic carbocycles. The number of ether oxygens (including phenoxy) is 1. The second-order valence-electron chi connectivity index (χ2n) is 5.58. The maximum Gasteiger partial charge on any atom is 0.254 e. The Hall–Kier alpha value is -1.85. The highest BCUT2D eigenvalue weighted by Crippen LogP contribution is 2.14. The van der Waals surface area contributed by atoms with Gasteiger partial charge in [0.15, 0.2) is 0 Å². The normalized spacial score (nSPS) is 15.8. The molecule has 4 nitrogen and oxygen atoms in total. The van der Waals surface area contributed by atoms with Gasteiger partial charge in [-0.25, -0.2) is 0 Å². The Bertz CT molecular complexity index is 619. The third kappa shape index (κ3) is 3.48. The van der Waals surface area contributed by atoms with Crippen LogP contribution in [0.4, 0.5) is 0 Å².